The average molecular weight is 224 g/mol. The van der Waals surface area contributed by atoms with Gasteiger partial charge in [0, 0.05) is 18.6 Å². The molecule has 3 heteroatoms. The Kier molecular flexibility index (Phi) is 5.03. The molecule has 1 N–H and O–H groups in total. The molecule has 92 valence electrons. The lowest BCUT2D eigenvalue weighted by atomic mass is 10.2. The number of furan rings is 1. The van der Waals surface area contributed by atoms with Crippen LogP contribution >= 0.6 is 0 Å². The Labute approximate surface area is 98.8 Å². The molecule has 1 rings (SSSR count). The van der Waals surface area contributed by atoms with Crippen molar-refractivity contribution in [3.05, 3.63) is 23.7 Å². The highest BCUT2D eigenvalue weighted by molar-refractivity contribution is 5.05. The highest BCUT2D eigenvalue weighted by atomic mass is 16.3. The van der Waals surface area contributed by atoms with E-state index in [1.807, 2.05) is 13.0 Å². The van der Waals surface area contributed by atoms with Gasteiger partial charge in [-0.1, -0.05) is 13.8 Å². The van der Waals surface area contributed by atoms with Crippen LogP contribution in [0.25, 0.3) is 0 Å². The summed E-state index contributed by atoms with van der Waals surface area (Å²) < 4.78 is 5.57. The van der Waals surface area contributed by atoms with Crippen molar-refractivity contribution in [1.82, 2.24) is 10.2 Å². The first kappa shape index (κ1) is 13.3. The molecule has 0 saturated carbocycles. The molecule has 1 unspecified atom stereocenters. The molecule has 0 bridgehead atoms. The van der Waals surface area contributed by atoms with Gasteiger partial charge in [-0.3, -0.25) is 4.90 Å². The second-order valence-corrected chi connectivity index (χ2v) is 4.84. The lowest BCUT2D eigenvalue weighted by Crippen LogP contribution is -2.39. The standard InChI is InChI=1S/C13H24N2O/c1-10(2)14-8-11(3)15(5)9-13-7-6-12(4)16-13/h6-7,10-11,14H,8-9H2,1-5H3. The molecule has 0 spiro atoms. The van der Waals surface area contributed by atoms with Crippen LogP contribution in [-0.2, 0) is 6.54 Å². The van der Waals surface area contributed by atoms with Crippen LogP contribution in [0.5, 0.6) is 0 Å². The number of likely N-dealkylation sites (N-methyl/N-ethyl adjacent to an activating group) is 1. The normalized spacial score (nSPS) is 13.7. The van der Waals surface area contributed by atoms with Crippen LogP contribution in [0.2, 0.25) is 0 Å². The van der Waals surface area contributed by atoms with E-state index in [0.717, 1.165) is 24.6 Å². The van der Waals surface area contributed by atoms with Crippen molar-refractivity contribution in [3.63, 3.8) is 0 Å². The van der Waals surface area contributed by atoms with Gasteiger partial charge in [-0.15, -0.1) is 0 Å². The molecule has 1 heterocycles. The molecule has 0 saturated heterocycles. The lowest BCUT2D eigenvalue weighted by molar-refractivity contribution is 0.220. The number of nitrogens with one attached hydrogen (secondary N) is 1. The van der Waals surface area contributed by atoms with Gasteiger partial charge < -0.3 is 9.73 Å². The first-order valence-electron chi connectivity index (χ1n) is 5.98. The van der Waals surface area contributed by atoms with Gasteiger partial charge in [0.15, 0.2) is 0 Å². The summed E-state index contributed by atoms with van der Waals surface area (Å²) in [4.78, 5) is 2.30. The number of rotatable bonds is 6. The number of aryl methyl sites for hydroxylation is 1. The summed E-state index contributed by atoms with van der Waals surface area (Å²) in [5, 5.41) is 3.44. The fourth-order valence-corrected chi connectivity index (χ4v) is 1.53. The summed E-state index contributed by atoms with van der Waals surface area (Å²) in [6, 6.07) is 5.11. The fourth-order valence-electron chi connectivity index (χ4n) is 1.53. The molecule has 0 aliphatic carbocycles. The smallest absolute Gasteiger partial charge is 0.118 e. The molecule has 0 aromatic carbocycles. The van der Waals surface area contributed by atoms with Gasteiger partial charge in [-0.2, -0.15) is 0 Å². The maximum atomic E-state index is 5.57. The molecule has 0 aliphatic heterocycles. The zero-order valence-corrected chi connectivity index (χ0v) is 11.1. The molecule has 3 nitrogen and oxygen atoms in total. The van der Waals surface area contributed by atoms with E-state index < -0.39 is 0 Å². The van der Waals surface area contributed by atoms with Gasteiger partial charge in [-0.05, 0) is 33.0 Å². The Hall–Kier alpha value is -0.800. The van der Waals surface area contributed by atoms with Crippen molar-refractivity contribution >= 4 is 0 Å². The van der Waals surface area contributed by atoms with Crippen LogP contribution in [0.3, 0.4) is 0 Å². The van der Waals surface area contributed by atoms with E-state index in [0.29, 0.717) is 12.1 Å². The lowest BCUT2D eigenvalue weighted by Gasteiger charge is -2.25. The summed E-state index contributed by atoms with van der Waals surface area (Å²) in [7, 11) is 2.13. The maximum Gasteiger partial charge on any atom is 0.118 e. The maximum absolute atomic E-state index is 5.57. The minimum absolute atomic E-state index is 0.507. The summed E-state index contributed by atoms with van der Waals surface area (Å²) in [6.45, 7) is 10.4. The van der Waals surface area contributed by atoms with Crippen LogP contribution in [0.1, 0.15) is 32.3 Å². The van der Waals surface area contributed by atoms with Crippen molar-refractivity contribution in [2.45, 2.75) is 46.3 Å². The second-order valence-electron chi connectivity index (χ2n) is 4.84. The molecule has 1 aromatic heterocycles. The number of hydrogen-bond donors (Lipinski definition) is 1. The Balaban J connectivity index is 2.36. The zero-order chi connectivity index (χ0) is 12.1. The molecule has 0 fully saturated rings. The van der Waals surface area contributed by atoms with Crippen LogP contribution < -0.4 is 5.32 Å². The van der Waals surface area contributed by atoms with Crippen molar-refractivity contribution < 1.29 is 4.42 Å². The highest BCUT2D eigenvalue weighted by Crippen LogP contribution is 2.10. The average Bonchev–Trinajstić information content (AvgIpc) is 2.60. The number of hydrogen-bond acceptors (Lipinski definition) is 3. The third-order valence-electron chi connectivity index (χ3n) is 2.78. The van der Waals surface area contributed by atoms with Crippen LogP contribution in [0.4, 0.5) is 0 Å². The van der Waals surface area contributed by atoms with Crippen LogP contribution in [-0.4, -0.2) is 30.6 Å². The largest absolute Gasteiger partial charge is 0.465 e. The molecule has 0 radical (unpaired) electrons. The Bertz CT molecular complexity index is 307. The summed E-state index contributed by atoms with van der Waals surface area (Å²) in [6.07, 6.45) is 0. The van der Waals surface area contributed by atoms with Crippen molar-refractivity contribution in [1.29, 1.82) is 0 Å². The Morgan fingerprint density at radius 2 is 2.00 bits per heavy atom. The molecule has 1 aromatic rings. The third kappa shape index (κ3) is 4.37. The van der Waals surface area contributed by atoms with Crippen molar-refractivity contribution in [2.24, 2.45) is 0 Å². The van der Waals surface area contributed by atoms with Crippen molar-refractivity contribution in [3.8, 4) is 0 Å². The topological polar surface area (TPSA) is 28.4 Å². The molecule has 0 aliphatic rings. The van der Waals surface area contributed by atoms with Crippen LogP contribution in [0.15, 0.2) is 16.5 Å². The van der Waals surface area contributed by atoms with E-state index in [4.69, 9.17) is 4.42 Å². The van der Waals surface area contributed by atoms with Crippen LogP contribution in [0, 0.1) is 6.92 Å². The summed E-state index contributed by atoms with van der Waals surface area (Å²) in [5.41, 5.74) is 0. The van der Waals surface area contributed by atoms with E-state index in [2.05, 4.69) is 44.1 Å². The SMILES string of the molecule is Cc1ccc(CN(C)C(C)CNC(C)C)o1. The van der Waals surface area contributed by atoms with Gasteiger partial charge in [0.1, 0.15) is 11.5 Å². The first-order valence-corrected chi connectivity index (χ1v) is 5.98. The third-order valence-corrected chi connectivity index (χ3v) is 2.78. The van der Waals surface area contributed by atoms with Gasteiger partial charge in [-0.25, -0.2) is 0 Å². The second kappa shape index (κ2) is 6.06. The first-order chi connectivity index (χ1) is 7.49. The Morgan fingerprint density at radius 3 is 2.50 bits per heavy atom. The predicted molar refractivity (Wildman–Crippen MR) is 67.5 cm³/mol. The number of nitrogens with zero attached hydrogens (tertiary/aromatic N) is 1. The molecule has 16 heavy (non-hydrogen) atoms. The van der Waals surface area contributed by atoms with Crippen molar-refractivity contribution in [2.75, 3.05) is 13.6 Å². The molecule has 1 atom stereocenters. The molecular weight excluding hydrogens is 200 g/mol. The fraction of sp³-hybridized carbons (Fsp3) is 0.692. The highest BCUT2D eigenvalue weighted by Gasteiger charge is 2.11. The molecular formula is C13H24N2O. The zero-order valence-electron chi connectivity index (χ0n) is 11.1. The van der Waals surface area contributed by atoms with Gasteiger partial charge in [0.2, 0.25) is 0 Å². The monoisotopic (exact) mass is 224 g/mol. The van der Waals surface area contributed by atoms with E-state index in [1.165, 1.54) is 0 Å². The minimum Gasteiger partial charge on any atom is -0.465 e. The Morgan fingerprint density at radius 1 is 1.31 bits per heavy atom. The summed E-state index contributed by atoms with van der Waals surface area (Å²) >= 11 is 0. The predicted octanol–water partition coefficient (Wildman–Crippen LogP) is 2.41. The van der Waals surface area contributed by atoms with Gasteiger partial charge >= 0.3 is 0 Å². The minimum atomic E-state index is 0.507. The summed E-state index contributed by atoms with van der Waals surface area (Å²) in [5.74, 6) is 2.02. The quantitative estimate of drug-likeness (QED) is 0.804. The van der Waals surface area contributed by atoms with E-state index in [-0.39, 0.29) is 0 Å². The van der Waals surface area contributed by atoms with E-state index >= 15 is 0 Å². The van der Waals surface area contributed by atoms with Gasteiger partial charge in [0.05, 0.1) is 6.54 Å². The van der Waals surface area contributed by atoms with Gasteiger partial charge in [0.25, 0.3) is 0 Å². The van der Waals surface area contributed by atoms with E-state index in [1.54, 1.807) is 0 Å². The van der Waals surface area contributed by atoms with E-state index in [9.17, 15) is 0 Å². The molecule has 0 amide bonds.